The number of amides is 1. The lowest BCUT2D eigenvalue weighted by atomic mass is 10.0. The van der Waals surface area contributed by atoms with Crippen LogP contribution >= 0.6 is 11.6 Å². The first-order valence-corrected chi connectivity index (χ1v) is 8.11. The van der Waals surface area contributed by atoms with Gasteiger partial charge in [-0.3, -0.25) is 9.69 Å². The van der Waals surface area contributed by atoms with Gasteiger partial charge in [-0.05, 0) is 37.1 Å². The lowest BCUT2D eigenvalue weighted by Crippen LogP contribution is -2.52. The highest BCUT2D eigenvalue weighted by molar-refractivity contribution is 6.30. The minimum Gasteiger partial charge on any atom is -0.339 e. The van der Waals surface area contributed by atoms with E-state index >= 15 is 0 Å². The van der Waals surface area contributed by atoms with Crippen LogP contribution in [0.15, 0.2) is 24.3 Å². The second-order valence-electron chi connectivity index (χ2n) is 5.82. The summed E-state index contributed by atoms with van der Waals surface area (Å²) in [7, 11) is 0. The molecule has 1 aromatic rings. The van der Waals surface area contributed by atoms with Crippen molar-refractivity contribution in [3.05, 3.63) is 34.9 Å². The average molecular weight is 308 g/mol. The van der Waals surface area contributed by atoms with Gasteiger partial charge in [-0.1, -0.05) is 11.6 Å². The summed E-state index contributed by atoms with van der Waals surface area (Å²) in [6.07, 6.45) is 2.17. The highest BCUT2D eigenvalue weighted by atomic mass is 35.5. The zero-order chi connectivity index (χ0) is 14.7. The van der Waals surface area contributed by atoms with Crippen molar-refractivity contribution in [3.63, 3.8) is 0 Å². The van der Waals surface area contributed by atoms with Gasteiger partial charge in [-0.25, -0.2) is 0 Å². The largest absolute Gasteiger partial charge is 0.339 e. The number of hydrogen-bond donors (Lipinski definition) is 1. The van der Waals surface area contributed by atoms with Crippen LogP contribution in [0.1, 0.15) is 23.2 Å². The third kappa shape index (κ3) is 3.57. The smallest absolute Gasteiger partial charge is 0.253 e. The molecule has 2 aliphatic rings. The van der Waals surface area contributed by atoms with Gasteiger partial charge >= 0.3 is 0 Å². The van der Waals surface area contributed by atoms with Crippen LogP contribution in [0.4, 0.5) is 0 Å². The summed E-state index contributed by atoms with van der Waals surface area (Å²) in [6.45, 7) is 6.16. The van der Waals surface area contributed by atoms with Crippen molar-refractivity contribution in [1.82, 2.24) is 15.1 Å². The molecule has 2 saturated heterocycles. The highest BCUT2D eigenvalue weighted by Crippen LogP contribution is 2.19. The van der Waals surface area contributed by atoms with Crippen LogP contribution in [0.2, 0.25) is 5.02 Å². The average Bonchev–Trinajstić information content (AvgIpc) is 2.56. The number of carbonyl (C=O) groups is 1. The number of benzene rings is 1. The van der Waals surface area contributed by atoms with Crippen LogP contribution in [0.3, 0.4) is 0 Å². The Hall–Kier alpha value is -1.10. The van der Waals surface area contributed by atoms with E-state index in [0.29, 0.717) is 11.1 Å². The molecule has 3 rings (SSSR count). The number of hydrogen-bond acceptors (Lipinski definition) is 3. The molecule has 1 N–H and O–H groups in total. The van der Waals surface area contributed by atoms with E-state index in [1.807, 2.05) is 17.0 Å². The summed E-state index contributed by atoms with van der Waals surface area (Å²) >= 11 is 5.87. The van der Waals surface area contributed by atoms with E-state index in [1.54, 1.807) is 12.1 Å². The maximum Gasteiger partial charge on any atom is 0.253 e. The molecular weight excluding hydrogens is 286 g/mol. The van der Waals surface area contributed by atoms with E-state index < -0.39 is 0 Å². The van der Waals surface area contributed by atoms with Crippen LogP contribution in [0, 0.1) is 0 Å². The van der Waals surface area contributed by atoms with Crippen molar-refractivity contribution in [2.24, 2.45) is 0 Å². The molecular formula is C16H22ClN3O. The first-order valence-electron chi connectivity index (χ1n) is 7.73. The Bertz CT molecular complexity index is 477. The Labute approximate surface area is 131 Å². The van der Waals surface area contributed by atoms with Gasteiger partial charge in [-0.2, -0.15) is 0 Å². The summed E-state index contributed by atoms with van der Waals surface area (Å²) in [6, 6.07) is 7.83. The first-order chi connectivity index (χ1) is 10.2. The van der Waals surface area contributed by atoms with Gasteiger partial charge < -0.3 is 10.2 Å². The Morgan fingerprint density at radius 1 is 1.05 bits per heavy atom. The molecule has 0 unspecified atom stereocenters. The number of carbonyl (C=O) groups excluding carboxylic acids is 1. The molecule has 2 aliphatic heterocycles. The number of likely N-dealkylation sites (tertiary alicyclic amines) is 1. The van der Waals surface area contributed by atoms with Crippen molar-refractivity contribution in [2.75, 3.05) is 39.3 Å². The molecule has 1 aromatic carbocycles. The molecule has 2 heterocycles. The molecule has 5 heteroatoms. The van der Waals surface area contributed by atoms with Crippen LogP contribution < -0.4 is 5.32 Å². The summed E-state index contributed by atoms with van der Waals surface area (Å²) < 4.78 is 0. The van der Waals surface area contributed by atoms with Crippen molar-refractivity contribution < 1.29 is 4.79 Å². The number of piperidine rings is 1. The maximum absolute atomic E-state index is 12.5. The number of halogens is 1. The van der Waals surface area contributed by atoms with Gasteiger partial charge in [0.1, 0.15) is 0 Å². The standard InChI is InChI=1S/C16H22ClN3O/c17-14-3-1-13(2-4-14)16(21)20-9-5-15(6-10-20)19-11-7-18-8-12-19/h1-4,15,18H,5-12H2. The highest BCUT2D eigenvalue weighted by Gasteiger charge is 2.27. The Morgan fingerprint density at radius 2 is 1.67 bits per heavy atom. The number of nitrogens with one attached hydrogen (secondary N) is 1. The number of nitrogens with zero attached hydrogens (tertiary/aromatic N) is 2. The molecule has 1 amide bonds. The minimum atomic E-state index is 0.130. The van der Waals surface area contributed by atoms with Crippen molar-refractivity contribution in [1.29, 1.82) is 0 Å². The molecule has 4 nitrogen and oxygen atoms in total. The molecule has 0 saturated carbocycles. The topological polar surface area (TPSA) is 35.6 Å². The Balaban J connectivity index is 1.55. The minimum absolute atomic E-state index is 0.130. The molecule has 0 atom stereocenters. The summed E-state index contributed by atoms with van der Waals surface area (Å²) in [5.41, 5.74) is 0.736. The summed E-state index contributed by atoms with van der Waals surface area (Å²) in [5.74, 6) is 0.130. The van der Waals surface area contributed by atoms with Crippen LogP contribution in [-0.2, 0) is 0 Å². The van der Waals surface area contributed by atoms with E-state index in [9.17, 15) is 4.79 Å². The first kappa shape index (κ1) is 14.8. The lowest BCUT2D eigenvalue weighted by molar-refractivity contribution is 0.0601. The molecule has 2 fully saturated rings. The van der Waals surface area contributed by atoms with Gasteiger partial charge in [0.05, 0.1) is 0 Å². The van der Waals surface area contributed by atoms with Gasteiger partial charge in [0.2, 0.25) is 0 Å². The van der Waals surface area contributed by atoms with Gasteiger partial charge in [-0.15, -0.1) is 0 Å². The molecule has 0 aromatic heterocycles. The third-order valence-electron chi connectivity index (χ3n) is 4.51. The van der Waals surface area contributed by atoms with E-state index in [0.717, 1.165) is 57.7 Å². The predicted octanol–water partition coefficient (Wildman–Crippen LogP) is 1.85. The summed E-state index contributed by atoms with van der Waals surface area (Å²) in [4.78, 5) is 17.0. The zero-order valence-electron chi connectivity index (χ0n) is 12.2. The van der Waals surface area contributed by atoms with Crippen LogP contribution in [0.25, 0.3) is 0 Å². The third-order valence-corrected chi connectivity index (χ3v) is 4.76. The van der Waals surface area contributed by atoms with Crippen molar-refractivity contribution in [2.45, 2.75) is 18.9 Å². The molecule has 0 aliphatic carbocycles. The monoisotopic (exact) mass is 307 g/mol. The fourth-order valence-corrected chi connectivity index (χ4v) is 3.38. The zero-order valence-corrected chi connectivity index (χ0v) is 13.0. The maximum atomic E-state index is 12.5. The van der Waals surface area contributed by atoms with Crippen molar-refractivity contribution >= 4 is 17.5 Å². The van der Waals surface area contributed by atoms with E-state index in [4.69, 9.17) is 11.6 Å². The fraction of sp³-hybridized carbons (Fsp3) is 0.562. The van der Waals surface area contributed by atoms with Gasteiger partial charge in [0.15, 0.2) is 0 Å². The molecule has 21 heavy (non-hydrogen) atoms. The number of rotatable bonds is 2. The predicted molar refractivity (Wildman–Crippen MR) is 84.8 cm³/mol. The summed E-state index contributed by atoms with van der Waals surface area (Å²) in [5, 5.41) is 4.06. The molecule has 0 spiro atoms. The second kappa shape index (κ2) is 6.77. The van der Waals surface area contributed by atoms with Gasteiger partial charge in [0, 0.05) is 55.9 Å². The fourth-order valence-electron chi connectivity index (χ4n) is 3.26. The van der Waals surface area contributed by atoms with Crippen LogP contribution in [0.5, 0.6) is 0 Å². The molecule has 0 bridgehead atoms. The SMILES string of the molecule is O=C(c1ccc(Cl)cc1)N1CCC(N2CCNCC2)CC1. The quantitative estimate of drug-likeness (QED) is 0.906. The Kier molecular flexibility index (Phi) is 4.78. The molecule has 0 radical (unpaired) electrons. The van der Waals surface area contributed by atoms with E-state index in [-0.39, 0.29) is 5.91 Å². The molecule has 114 valence electrons. The normalized spacial score (nSPS) is 21.5. The van der Waals surface area contributed by atoms with Gasteiger partial charge in [0.25, 0.3) is 5.91 Å². The van der Waals surface area contributed by atoms with Crippen LogP contribution in [-0.4, -0.2) is 61.0 Å². The lowest BCUT2D eigenvalue weighted by Gasteiger charge is -2.40. The van der Waals surface area contributed by atoms with Crippen molar-refractivity contribution in [3.8, 4) is 0 Å². The van der Waals surface area contributed by atoms with E-state index in [1.165, 1.54) is 0 Å². The number of piperazine rings is 1. The second-order valence-corrected chi connectivity index (χ2v) is 6.25. The Morgan fingerprint density at radius 3 is 2.29 bits per heavy atom. The van der Waals surface area contributed by atoms with E-state index in [2.05, 4.69) is 10.2 Å².